The zero-order valence-electron chi connectivity index (χ0n) is 7.10. The largest absolute Gasteiger partial charge is 0.387 e. The fraction of sp³-hybridized carbons (Fsp3) is 1.00. The molecule has 0 radical (unpaired) electrons. The van der Waals surface area contributed by atoms with E-state index in [-0.39, 0.29) is 0 Å². The smallest absolute Gasteiger partial charge is 0.273 e. The molecule has 0 aromatic rings. The molecule has 0 aromatic heterocycles. The van der Waals surface area contributed by atoms with Crippen LogP contribution in [0.2, 0.25) is 0 Å². The third kappa shape index (κ3) is 2.08. The Kier molecular flexibility index (Phi) is 3.27. The van der Waals surface area contributed by atoms with Crippen molar-refractivity contribution in [3.63, 3.8) is 0 Å². The first-order valence-corrected chi connectivity index (χ1v) is 5.39. The maximum Gasteiger partial charge on any atom is 0.273 e. The van der Waals surface area contributed by atoms with Crippen molar-refractivity contribution in [1.29, 1.82) is 0 Å². The van der Waals surface area contributed by atoms with Crippen LogP contribution in [0.1, 0.15) is 0 Å². The fourth-order valence-corrected chi connectivity index (χ4v) is 2.38. The van der Waals surface area contributed by atoms with Gasteiger partial charge in [-0.3, -0.25) is 4.55 Å². The van der Waals surface area contributed by atoms with Gasteiger partial charge in [-0.05, 0) is 0 Å². The summed E-state index contributed by atoms with van der Waals surface area (Å²) in [6, 6.07) is 0. The summed E-state index contributed by atoms with van der Waals surface area (Å²) in [4.78, 5) is 0. The summed E-state index contributed by atoms with van der Waals surface area (Å²) in [5, 5.41) is 5.82. The van der Waals surface area contributed by atoms with Crippen molar-refractivity contribution in [2.24, 2.45) is 0 Å². The summed E-state index contributed by atoms with van der Waals surface area (Å²) in [5.41, 5.74) is 0. The molecule has 1 fully saturated rings. The Morgan fingerprint density at radius 3 is 1.47 bits per heavy atom. The molecule has 9 heteroatoms. The standard InChI is InChI=1S/C6H8F4O4S/c7-1-3(9)6(15(12,13)14)4(10)2(8)5(1)11/h1-6,11H,(H,12,13,14). The van der Waals surface area contributed by atoms with Crippen LogP contribution in [0.5, 0.6) is 0 Å². The van der Waals surface area contributed by atoms with Crippen LogP contribution >= 0.6 is 0 Å². The Hall–Kier alpha value is -0.410. The number of hydrogen-bond donors (Lipinski definition) is 2. The van der Waals surface area contributed by atoms with Crippen LogP contribution in [0.15, 0.2) is 0 Å². The van der Waals surface area contributed by atoms with E-state index < -0.39 is 46.2 Å². The molecule has 4 atom stereocenters. The molecule has 0 aromatic carbocycles. The summed E-state index contributed by atoms with van der Waals surface area (Å²) in [7, 11) is -5.25. The molecular weight excluding hydrogens is 244 g/mol. The van der Waals surface area contributed by atoms with E-state index in [1.54, 1.807) is 0 Å². The Bertz CT molecular complexity index is 318. The van der Waals surface area contributed by atoms with Gasteiger partial charge in [-0.2, -0.15) is 8.42 Å². The van der Waals surface area contributed by atoms with Gasteiger partial charge in [-0.15, -0.1) is 0 Å². The van der Waals surface area contributed by atoms with Crippen molar-refractivity contribution in [2.45, 2.75) is 36.0 Å². The zero-order chi connectivity index (χ0) is 12.0. The Balaban J connectivity index is 3.08. The molecule has 1 rings (SSSR count). The van der Waals surface area contributed by atoms with Crippen LogP contribution in [-0.4, -0.2) is 54.1 Å². The number of rotatable bonds is 1. The molecule has 0 aliphatic heterocycles. The van der Waals surface area contributed by atoms with E-state index in [9.17, 15) is 26.0 Å². The van der Waals surface area contributed by atoms with Gasteiger partial charge in [0.1, 0.15) is 6.10 Å². The number of halogens is 4. The minimum atomic E-state index is -5.25. The quantitative estimate of drug-likeness (QED) is 0.507. The van der Waals surface area contributed by atoms with Gasteiger partial charge in [-0.25, -0.2) is 17.6 Å². The minimum Gasteiger partial charge on any atom is -0.387 e. The average Bonchev–Trinajstić information content (AvgIpc) is 2.09. The van der Waals surface area contributed by atoms with Crippen LogP contribution in [0.3, 0.4) is 0 Å². The highest BCUT2D eigenvalue weighted by Gasteiger charge is 2.57. The molecule has 1 aliphatic carbocycles. The van der Waals surface area contributed by atoms with Crippen molar-refractivity contribution in [3.05, 3.63) is 0 Å². The summed E-state index contributed by atoms with van der Waals surface area (Å²) in [6.45, 7) is 0. The lowest BCUT2D eigenvalue weighted by atomic mass is 9.90. The minimum absolute atomic E-state index is 2.58. The molecule has 0 spiro atoms. The first-order chi connectivity index (χ1) is 6.68. The molecule has 0 amide bonds. The first kappa shape index (κ1) is 12.7. The van der Waals surface area contributed by atoms with E-state index in [0.29, 0.717) is 0 Å². The topological polar surface area (TPSA) is 74.6 Å². The molecule has 1 saturated carbocycles. The lowest BCUT2D eigenvalue weighted by molar-refractivity contribution is -0.0862. The number of aliphatic hydroxyl groups is 1. The summed E-state index contributed by atoms with van der Waals surface area (Å²) in [5.74, 6) is 0. The SMILES string of the molecule is O=S(=O)(O)C1C(F)C(F)C(O)C(F)C1F. The second-order valence-electron chi connectivity index (χ2n) is 3.25. The Morgan fingerprint density at radius 2 is 1.20 bits per heavy atom. The normalized spacial score (nSPS) is 47.9. The van der Waals surface area contributed by atoms with Gasteiger partial charge in [0.05, 0.1) is 0 Å². The molecule has 0 saturated heterocycles. The van der Waals surface area contributed by atoms with Gasteiger partial charge >= 0.3 is 0 Å². The molecule has 0 bridgehead atoms. The van der Waals surface area contributed by atoms with Gasteiger partial charge in [0.25, 0.3) is 10.1 Å². The fourth-order valence-electron chi connectivity index (χ4n) is 1.42. The molecule has 2 N–H and O–H groups in total. The van der Waals surface area contributed by atoms with E-state index in [4.69, 9.17) is 9.66 Å². The van der Waals surface area contributed by atoms with Crippen molar-refractivity contribution in [3.8, 4) is 0 Å². The van der Waals surface area contributed by atoms with E-state index in [1.807, 2.05) is 0 Å². The van der Waals surface area contributed by atoms with Crippen LogP contribution < -0.4 is 0 Å². The molecule has 1 aliphatic rings. The maximum atomic E-state index is 12.9. The number of alkyl halides is 4. The van der Waals surface area contributed by atoms with Gasteiger partial charge in [0.15, 0.2) is 29.9 Å². The van der Waals surface area contributed by atoms with Gasteiger partial charge in [0.2, 0.25) is 0 Å². The van der Waals surface area contributed by atoms with E-state index in [1.165, 1.54) is 0 Å². The highest BCUT2D eigenvalue weighted by molar-refractivity contribution is 7.86. The van der Waals surface area contributed by atoms with Gasteiger partial charge in [0, 0.05) is 0 Å². The maximum absolute atomic E-state index is 12.9. The van der Waals surface area contributed by atoms with Crippen LogP contribution in [-0.2, 0) is 10.1 Å². The lowest BCUT2D eigenvalue weighted by Crippen LogP contribution is -2.60. The molecule has 0 heterocycles. The summed E-state index contributed by atoms with van der Waals surface area (Å²) >= 11 is 0. The van der Waals surface area contributed by atoms with Gasteiger partial charge in [-0.1, -0.05) is 0 Å². The van der Waals surface area contributed by atoms with Crippen molar-refractivity contribution >= 4 is 10.1 Å². The first-order valence-electron chi connectivity index (χ1n) is 3.88. The van der Waals surface area contributed by atoms with Crippen molar-refractivity contribution in [2.75, 3.05) is 0 Å². The average molecular weight is 252 g/mol. The summed E-state index contributed by atoms with van der Waals surface area (Å²) in [6.07, 6.45) is -14.4. The lowest BCUT2D eigenvalue weighted by Gasteiger charge is -2.35. The van der Waals surface area contributed by atoms with Crippen molar-refractivity contribution in [1.82, 2.24) is 0 Å². The number of hydrogen-bond acceptors (Lipinski definition) is 3. The predicted octanol–water partition coefficient (Wildman–Crippen LogP) is -0.0303. The molecule has 90 valence electrons. The summed E-state index contributed by atoms with van der Waals surface area (Å²) < 4.78 is 80.7. The number of aliphatic hydroxyl groups excluding tert-OH is 1. The molecule has 4 unspecified atom stereocenters. The highest BCUT2D eigenvalue weighted by atomic mass is 32.2. The molecule has 15 heavy (non-hydrogen) atoms. The van der Waals surface area contributed by atoms with E-state index in [2.05, 4.69) is 0 Å². The third-order valence-corrected chi connectivity index (χ3v) is 3.44. The predicted molar refractivity (Wildman–Crippen MR) is 40.9 cm³/mol. The Morgan fingerprint density at radius 1 is 0.867 bits per heavy atom. The van der Waals surface area contributed by atoms with Crippen molar-refractivity contribution < 1.29 is 35.6 Å². The zero-order valence-corrected chi connectivity index (χ0v) is 7.91. The molecule has 4 nitrogen and oxygen atoms in total. The van der Waals surface area contributed by atoms with E-state index >= 15 is 0 Å². The van der Waals surface area contributed by atoms with Crippen LogP contribution in [0.4, 0.5) is 17.6 Å². The van der Waals surface area contributed by atoms with E-state index in [0.717, 1.165) is 0 Å². The van der Waals surface area contributed by atoms with Gasteiger partial charge < -0.3 is 5.11 Å². The Labute approximate surface area is 82.6 Å². The van der Waals surface area contributed by atoms with Crippen LogP contribution in [0.25, 0.3) is 0 Å². The second kappa shape index (κ2) is 3.87. The highest BCUT2D eigenvalue weighted by Crippen LogP contribution is 2.33. The molecular formula is C6H8F4O4S. The monoisotopic (exact) mass is 252 g/mol. The second-order valence-corrected chi connectivity index (χ2v) is 4.82. The third-order valence-electron chi connectivity index (χ3n) is 2.23. The van der Waals surface area contributed by atoms with Crippen LogP contribution in [0, 0.1) is 0 Å².